The van der Waals surface area contributed by atoms with E-state index < -0.39 is 33.7 Å². The fourth-order valence-electron chi connectivity index (χ4n) is 2.30. The number of hydrogen-bond donors (Lipinski definition) is 0. The minimum atomic E-state index is -1.34. The van der Waals surface area contributed by atoms with Crippen molar-refractivity contribution < 1.29 is 18.5 Å². The lowest BCUT2D eigenvalue weighted by Gasteiger charge is -2.34. The van der Waals surface area contributed by atoms with Crippen molar-refractivity contribution in [3.63, 3.8) is 0 Å². The summed E-state index contributed by atoms with van der Waals surface area (Å²) in [5.74, 6) is -3.25. The number of carbonyl (C=O) groups excluding carboxylic acids is 1. The molecule has 0 aromatic heterocycles. The minimum absolute atomic E-state index is 0.406. The highest BCUT2D eigenvalue weighted by Crippen LogP contribution is 2.24. The van der Waals surface area contributed by atoms with Crippen LogP contribution in [-0.2, 0) is 0 Å². The molecule has 0 N–H and O–H groups in total. The van der Waals surface area contributed by atoms with Crippen LogP contribution in [-0.4, -0.2) is 53.4 Å². The first-order chi connectivity index (χ1) is 9.93. The number of nitro benzene ring substituents is 1. The van der Waals surface area contributed by atoms with E-state index in [0.717, 1.165) is 6.54 Å². The van der Waals surface area contributed by atoms with Crippen LogP contribution in [0.15, 0.2) is 12.1 Å². The van der Waals surface area contributed by atoms with E-state index in [4.69, 9.17) is 0 Å². The number of carbonyl (C=O) groups is 1. The largest absolute Gasteiger partial charge is 0.336 e. The first kappa shape index (κ1) is 15.3. The number of amides is 1. The van der Waals surface area contributed by atoms with Crippen molar-refractivity contribution in [2.45, 2.75) is 6.92 Å². The van der Waals surface area contributed by atoms with Gasteiger partial charge in [-0.15, -0.1) is 0 Å². The Morgan fingerprint density at radius 2 is 1.81 bits per heavy atom. The van der Waals surface area contributed by atoms with Crippen molar-refractivity contribution in [3.05, 3.63) is 39.4 Å². The van der Waals surface area contributed by atoms with E-state index in [1.54, 1.807) is 0 Å². The summed E-state index contributed by atoms with van der Waals surface area (Å²) in [6.45, 7) is 4.97. The van der Waals surface area contributed by atoms with Gasteiger partial charge < -0.3 is 9.80 Å². The molecule has 0 spiro atoms. The number of rotatable bonds is 3. The van der Waals surface area contributed by atoms with Crippen molar-refractivity contribution in [3.8, 4) is 0 Å². The summed E-state index contributed by atoms with van der Waals surface area (Å²) >= 11 is 0. The molecule has 1 aromatic carbocycles. The predicted molar refractivity (Wildman–Crippen MR) is 71.0 cm³/mol. The van der Waals surface area contributed by atoms with Gasteiger partial charge in [0.15, 0.2) is 11.6 Å². The molecule has 0 unspecified atom stereocenters. The molecule has 6 nitrogen and oxygen atoms in total. The Morgan fingerprint density at radius 3 is 2.33 bits per heavy atom. The van der Waals surface area contributed by atoms with Gasteiger partial charge in [-0.2, -0.15) is 0 Å². The highest BCUT2D eigenvalue weighted by atomic mass is 19.2. The summed E-state index contributed by atoms with van der Waals surface area (Å²) in [4.78, 5) is 25.9. The van der Waals surface area contributed by atoms with Crippen LogP contribution in [0.5, 0.6) is 0 Å². The Bertz CT molecular complexity index is 572. The third-order valence-electron chi connectivity index (χ3n) is 3.57. The lowest BCUT2D eigenvalue weighted by atomic mass is 10.1. The zero-order valence-corrected chi connectivity index (χ0v) is 11.5. The third-order valence-corrected chi connectivity index (χ3v) is 3.57. The predicted octanol–water partition coefficient (Wildman–Crippen LogP) is 1.65. The van der Waals surface area contributed by atoms with Crippen molar-refractivity contribution in [2.75, 3.05) is 32.7 Å². The van der Waals surface area contributed by atoms with Crippen LogP contribution in [0.4, 0.5) is 14.5 Å². The normalized spacial score (nSPS) is 16.0. The SMILES string of the molecule is CCN1CCN(C(=O)c2cc(F)c(F)cc2[N+](=O)[O-])CC1. The summed E-state index contributed by atoms with van der Waals surface area (Å²) in [5, 5.41) is 10.9. The van der Waals surface area contributed by atoms with Gasteiger partial charge in [-0.1, -0.05) is 6.92 Å². The monoisotopic (exact) mass is 299 g/mol. The second-order valence-electron chi connectivity index (χ2n) is 4.77. The molecule has 1 amide bonds. The van der Waals surface area contributed by atoms with Gasteiger partial charge in [-0.3, -0.25) is 14.9 Å². The van der Waals surface area contributed by atoms with Crippen LogP contribution in [0.1, 0.15) is 17.3 Å². The van der Waals surface area contributed by atoms with Gasteiger partial charge in [0.1, 0.15) is 5.56 Å². The standard InChI is InChI=1S/C13H15F2N3O3/c1-2-16-3-5-17(6-4-16)13(19)9-7-10(14)11(15)8-12(9)18(20)21/h7-8H,2-6H2,1H3. The number of benzene rings is 1. The quantitative estimate of drug-likeness (QED) is 0.629. The first-order valence-corrected chi connectivity index (χ1v) is 6.59. The number of hydrogen-bond acceptors (Lipinski definition) is 4. The molecule has 0 bridgehead atoms. The molecule has 0 aliphatic carbocycles. The molecule has 1 aromatic rings. The van der Waals surface area contributed by atoms with Gasteiger partial charge >= 0.3 is 0 Å². The zero-order valence-electron chi connectivity index (χ0n) is 11.5. The molecule has 1 aliphatic heterocycles. The highest BCUT2D eigenvalue weighted by molar-refractivity contribution is 5.98. The molecule has 1 heterocycles. The van der Waals surface area contributed by atoms with Gasteiger partial charge in [0.25, 0.3) is 11.6 Å². The topological polar surface area (TPSA) is 66.7 Å². The molecule has 1 fully saturated rings. The number of nitrogens with zero attached hydrogens (tertiary/aromatic N) is 3. The first-order valence-electron chi connectivity index (χ1n) is 6.59. The second-order valence-corrected chi connectivity index (χ2v) is 4.77. The Kier molecular flexibility index (Phi) is 4.46. The molecule has 21 heavy (non-hydrogen) atoms. The Balaban J connectivity index is 2.27. The van der Waals surface area contributed by atoms with Crippen LogP contribution in [0.2, 0.25) is 0 Å². The zero-order chi connectivity index (χ0) is 15.6. The van der Waals surface area contributed by atoms with Crippen molar-refractivity contribution in [2.24, 2.45) is 0 Å². The number of piperazine rings is 1. The van der Waals surface area contributed by atoms with Crippen LogP contribution >= 0.6 is 0 Å². The van der Waals surface area contributed by atoms with E-state index >= 15 is 0 Å². The summed E-state index contributed by atoms with van der Waals surface area (Å²) in [7, 11) is 0. The lowest BCUT2D eigenvalue weighted by molar-refractivity contribution is -0.385. The number of nitro groups is 1. The Labute approximate surface area is 120 Å². The van der Waals surface area contributed by atoms with Gasteiger partial charge in [0.2, 0.25) is 0 Å². The Morgan fingerprint density at radius 1 is 1.24 bits per heavy atom. The van der Waals surface area contributed by atoms with E-state index in [-0.39, 0.29) is 0 Å². The van der Waals surface area contributed by atoms with Crippen molar-refractivity contribution >= 4 is 11.6 Å². The molecular weight excluding hydrogens is 284 g/mol. The average Bonchev–Trinajstić information content (AvgIpc) is 2.48. The van der Waals surface area contributed by atoms with Crippen LogP contribution in [0, 0.1) is 21.7 Å². The van der Waals surface area contributed by atoms with E-state index in [9.17, 15) is 23.7 Å². The number of halogens is 2. The molecule has 1 saturated heterocycles. The van der Waals surface area contributed by atoms with E-state index in [1.807, 2.05) is 6.92 Å². The van der Waals surface area contributed by atoms with E-state index in [0.29, 0.717) is 38.3 Å². The van der Waals surface area contributed by atoms with Gasteiger partial charge in [-0.05, 0) is 12.6 Å². The average molecular weight is 299 g/mol. The molecule has 0 saturated carbocycles. The number of likely N-dealkylation sites (N-methyl/N-ethyl adjacent to an activating group) is 1. The summed E-state index contributed by atoms with van der Waals surface area (Å²) in [6, 6.07) is 1.05. The molecular formula is C13H15F2N3O3. The summed E-state index contributed by atoms with van der Waals surface area (Å²) in [6.07, 6.45) is 0. The second kappa shape index (κ2) is 6.13. The fraction of sp³-hybridized carbons (Fsp3) is 0.462. The molecule has 2 rings (SSSR count). The van der Waals surface area contributed by atoms with Gasteiger partial charge in [0, 0.05) is 26.2 Å². The maximum Gasteiger partial charge on any atom is 0.285 e. The highest BCUT2D eigenvalue weighted by Gasteiger charge is 2.29. The maximum absolute atomic E-state index is 13.3. The van der Waals surface area contributed by atoms with Crippen LogP contribution in [0.25, 0.3) is 0 Å². The smallest absolute Gasteiger partial charge is 0.285 e. The molecule has 1 aliphatic rings. The van der Waals surface area contributed by atoms with Crippen molar-refractivity contribution in [1.29, 1.82) is 0 Å². The molecule has 0 atom stereocenters. The van der Waals surface area contributed by atoms with E-state index in [2.05, 4.69) is 4.90 Å². The molecule has 8 heteroatoms. The lowest BCUT2D eigenvalue weighted by Crippen LogP contribution is -2.48. The van der Waals surface area contributed by atoms with Gasteiger partial charge in [-0.25, -0.2) is 8.78 Å². The third kappa shape index (κ3) is 3.15. The van der Waals surface area contributed by atoms with E-state index in [1.165, 1.54) is 4.90 Å². The fourth-order valence-corrected chi connectivity index (χ4v) is 2.30. The van der Waals surface area contributed by atoms with Gasteiger partial charge in [0.05, 0.1) is 11.0 Å². The van der Waals surface area contributed by atoms with Crippen LogP contribution in [0.3, 0.4) is 0 Å². The molecule has 114 valence electrons. The maximum atomic E-state index is 13.3. The summed E-state index contributed by atoms with van der Waals surface area (Å²) < 4.78 is 26.4. The minimum Gasteiger partial charge on any atom is -0.336 e. The van der Waals surface area contributed by atoms with Crippen molar-refractivity contribution in [1.82, 2.24) is 9.80 Å². The van der Waals surface area contributed by atoms with Crippen LogP contribution < -0.4 is 0 Å². The summed E-state index contributed by atoms with van der Waals surface area (Å²) in [5.41, 5.74) is -1.12. The Hall–Kier alpha value is -2.09. The molecule has 0 radical (unpaired) electrons.